The minimum atomic E-state index is 0.342. The molecule has 0 aromatic heterocycles. The van der Waals surface area contributed by atoms with Crippen LogP contribution in [0.4, 0.5) is 0 Å². The van der Waals surface area contributed by atoms with Crippen molar-refractivity contribution in [1.82, 2.24) is 9.80 Å². The second-order valence-corrected chi connectivity index (χ2v) is 3.24. The number of carbonyl (C=O) groups is 1. The van der Waals surface area contributed by atoms with Gasteiger partial charge in [-0.15, -0.1) is 0 Å². The Labute approximate surface area is 60.6 Å². The first kappa shape index (κ1) is 6.16. The standard InChI is InChI=1S/C7H12N2O/c1-8-4-6-2-3-7(10)9(6)5-8/h6H,2-5H2,1H3. The normalized spacial score (nSPS) is 33.5. The van der Waals surface area contributed by atoms with E-state index in [1.54, 1.807) is 0 Å². The fourth-order valence-corrected chi connectivity index (χ4v) is 1.85. The van der Waals surface area contributed by atoms with Crippen LogP contribution in [0.5, 0.6) is 0 Å². The summed E-state index contributed by atoms with van der Waals surface area (Å²) in [6, 6.07) is 0.539. The van der Waals surface area contributed by atoms with Crippen LogP contribution in [0.15, 0.2) is 0 Å². The summed E-state index contributed by atoms with van der Waals surface area (Å²) in [5.41, 5.74) is 0. The molecule has 0 spiro atoms. The van der Waals surface area contributed by atoms with Crippen LogP contribution in [0.1, 0.15) is 12.8 Å². The summed E-state index contributed by atoms with van der Waals surface area (Å²) in [7, 11) is 2.06. The van der Waals surface area contributed by atoms with Crippen molar-refractivity contribution < 1.29 is 4.79 Å². The van der Waals surface area contributed by atoms with Gasteiger partial charge in [0.2, 0.25) is 5.91 Å². The quantitative estimate of drug-likeness (QED) is 0.468. The Balaban J connectivity index is 2.12. The maximum Gasteiger partial charge on any atom is 0.223 e. The molecular weight excluding hydrogens is 128 g/mol. The van der Waals surface area contributed by atoms with Crippen LogP contribution in [-0.4, -0.2) is 42.0 Å². The van der Waals surface area contributed by atoms with Crippen LogP contribution in [0.2, 0.25) is 0 Å². The molecule has 10 heavy (non-hydrogen) atoms. The van der Waals surface area contributed by atoms with Crippen molar-refractivity contribution in [2.24, 2.45) is 0 Å². The predicted molar refractivity (Wildman–Crippen MR) is 37.4 cm³/mol. The lowest BCUT2D eigenvalue weighted by Crippen LogP contribution is -2.28. The molecule has 1 amide bonds. The molecule has 1 atom stereocenters. The van der Waals surface area contributed by atoms with Crippen molar-refractivity contribution in [1.29, 1.82) is 0 Å². The average Bonchev–Trinajstić information content (AvgIpc) is 2.35. The highest BCUT2D eigenvalue weighted by Crippen LogP contribution is 2.23. The van der Waals surface area contributed by atoms with Crippen LogP contribution in [0, 0.1) is 0 Å². The summed E-state index contributed by atoms with van der Waals surface area (Å²) in [4.78, 5) is 15.3. The van der Waals surface area contributed by atoms with E-state index in [9.17, 15) is 4.79 Å². The molecule has 2 heterocycles. The summed E-state index contributed by atoms with van der Waals surface area (Å²) in [5, 5.41) is 0. The zero-order valence-electron chi connectivity index (χ0n) is 6.21. The lowest BCUT2D eigenvalue weighted by atomic mass is 10.2. The molecule has 0 N–H and O–H groups in total. The van der Waals surface area contributed by atoms with Gasteiger partial charge in [0.25, 0.3) is 0 Å². The molecule has 0 aliphatic carbocycles. The van der Waals surface area contributed by atoms with Gasteiger partial charge in [0, 0.05) is 19.0 Å². The highest BCUT2D eigenvalue weighted by Gasteiger charge is 2.36. The van der Waals surface area contributed by atoms with Gasteiger partial charge in [-0.25, -0.2) is 0 Å². The Kier molecular flexibility index (Phi) is 1.20. The maximum absolute atomic E-state index is 11.1. The van der Waals surface area contributed by atoms with Crippen LogP contribution >= 0.6 is 0 Å². The first-order valence-corrected chi connectivity index (χ1v) is 3.75. The van der Waals surface area contributed by atoms with E-state index in [0.29, 0.717) is 11.9 Å². The van der Waals surface area contributed by atoms with Crippen molar-refractivity contribution in [3.8, 4) is 0 Å². The molecule has 2 rings (SSSR count). The van der Waals surface area contributed by atoms with Gasteiger partial charge in [0.1, 0.15) is 0 Å². The van der Waals surface area contributed by atoms with Gasteiger partial charge in [-0.2, -0.15) is 0 Å². The SMILES string of the molecule is CN1CC2CCC(=O)N2C1. The minimum absolute atomic E-state index is 0.342. The van der Waals surface area contributed by atoms with E-state index in [1.807, 2.05) is 4.90 Å². The monoisotopic (exact) mass is 140 g/mol. The Hall–Kier alpha value is -0.570. The topological polar surface area (TPSA) is 23.6 Å². The van der Waals surface area contributed by atoms with Crippen molar-refractivity contribution in [3.05, 3.63) is 0 Å². The molecule has 0 saturated carbocycles. The molecule has 0 aromatic carbocycles. The number of hydrogen-bond acceptors (Lipinski definition) is 2. The number of nitrogens with zero attached hydrogens (tertiary/aromatic N) is 2. The van der Waals surface area contributed by atoms with Crippen LogP contribution < -0.4 is 0 Å². The molecule has 2 aliphatic heterocycles. The molecule has 0 bridgehead atoms. The predicted octanol–water partition coefficient (Wildman–Crippen LogP) is -0.120. The lowest BCUT2D eigenvalue weighted by molar-refractivity contribution is -0.128. The van der Waals surface area contributed by atoms with Gasteiger partial charge < -0.3 is 4.90 Å². The van der Waals surface area contributed by atoms with E-state index in [1.165, 1.54) is 0 Å². The summed E-state index contributed by atoms with van der Waals surface area (Å²) in [5.74, 6) is 0.342. The summed E-state index contributed by atoms with van der Waals surface area (Å²) < 4.78 is 0. The number of fused-ring (bicyclic) bond motifs is 1. The maximum atomic E-state index is 11.1. The number of carbonyl (C=O) groups excluding carboxylic acids is 1. The van der Waals surface area contributed by atoms with Crippen LogP contribution in [0.25, 0.3) is 0 Å². The number of likely N-dealkylation sites (N-methyl/N-ethyl adjacent to an activating group) is 1. The molecule has 2 fully saturated rings. The summed E-state index contributed by atoms with van der Waals surface area (Å²) in [6.07, 6.45) is 1.85. The molecule has 3 heteroatoms. The molecular formula is C7H12N2O. The third-order valence-corrected chi connectivity index (χ3v) is 2.37. The first-order chi connectivity index (χ1) is 4.77. The third kappa shape index (κ3) is 0.736. The van der Waals surface area contributed by atoms with Crippen molar-refractivity contribution in [2.75, 3.05) is 20.3 Å². The van der Waals surface area contributed by atoms with E-state index < -0.39 is 0 Å². The van der Waals surface area contributed by atoms with E-state index in [0.717, 1.165) is 26.1 Å². The molecule has 2 aliphatic rings. The van der Waals surface area contributed by atoms with E-state index in [2.05, 4.69) is 11.9 Å². The van der Waals surface area contributed by atoms with Gasteiger partial charge >= 0.3 is 0 Å². The zero-order valence-corrected chi connectivity index (χ0v) is 6.21. The summed E-state index contributed by atoms with van der Waals surface area (Å²) >= 11 is 0. The van der Waals surface area contributed by atoms with Gasteiger partial charge in [-0.05, 0) is 13.5 Å². The smallest absolute Gasteiger partial charge is 0.223 e. The molecule has 3 nitrogen and oxygen atoms in total. The third-order valence-electron chi connectivity index (χ3n) is 2.37. The first-order valence-electron chi connectivity index (χ1n) is 3.75. The van der Waals surface area contributed by atoms with Gasteiger partial charge in [-0.1, -0.05) is 0 Å². The fourth-order valence-electron chi connectivity index (χ4n) is 1.85. The van der Waals surface area contributed by atoms with E-state index in [4.69, 9.17) is 0 Å². The average molecular weight is 140 g/mol. The van der Waals surface area contributed by atoms with Gasteiger partial charge in [0.15, 0.2) is 0 Å². The van der Waals surface area contributed by atoms with Crippen LogP contribution in [0.3, 0.4) is 0 Å². The van der Waals surface area contributed by atoms with Gasteiger partial charge in [-0.3, -0.25) is 9.69 Å². The fraction of sp³-hybridized carbons (Fsp3) is 0.857. The van der Waals surface area contributed by atoms with Gasteiger partial charge in [0.05, 0.1) is 6.67 Å². The zero-order chi connectivity index (χ0) is 7.14. The molecule has 0 aromatic rings. The molecule has 2 saturated heterocycles. The number of rotatable bonds is 0. The van der Waals surface area contributed by atoms with Crippen LogP contribution in [-0.2, 0) is 4.79 Å². The van der Waals surface area contributed by atoms with E-state index >= 15 is 0 Å². The molecule has 0 radical (unpaired) electrons. The number of amides is 1. The largest absolute Gasteiger partial charge is 0.325 e. The lowest BCUT2D eigenvalue weighted by Gasteiger charge is -2.12. The van der Waals surface area contributed by atoms with Crippen molar-refractivity contribution in [3.63, 3.8) is 0 Å². The highest BCUT2D eigenvalue weighted by atomic mass is 16.2. The summed E-state index contributed by atoms with van der Waals surface area (Å²) in [6.45, 7) is 1.93. The second kappa shape index (κ2) is 1.95. The Morgan fingerprint density at radius 3 is 3.10 bits per heavy atom. The minimum Gasteiger partial charge on any atom is -0.325 e. The number of hydrogen-bond donors (Lipinski definition) is 0. The van der Waals surface area contributed by atoms with E-state index in [-0.39, 0.29) is 0 Å². The Morgan fingerprint density at radius 2 is 2.40 bits per heavy atom. The van der Waals surface area contributed by atoms with Crippen molar-refractivity contribution >= 4 is 5.91 Å². The van der Waals surface area contributed by atoms with Crippen molar-refractivity contribution in [2.45, 2.75) is 18.9 Å². The highest BCUT2D eigenvalue weighted by molar-refractivity contribution is 5.79. The molecule has 56 valence electrons. The molecule has 1 unspecified atom stereocenters. The Morgan fingerprint density at radius 1 is 1.60 bits per heavy atom. The second-order valence-electron chi connectivity index (χ2n) is 3.24. The Bertz CT molecular complexity index is 169.